The molecule has 5 unspecified atom stereocenters. The minimum absolute atomic E-state index is 0.0286. The SMILES string of the molecule is CCC(NC1CCCC1)c1cc(OCC[C@]23CCC4C(CC=C5CC(=O)CC[C@@]54C)C2CCC3O)ccn1. The third-order valence-electron chi connectivity index (χ3n) is 11.8. The molecule has 1 heterocycles. The minimum atomic E-state index is -0.226. The molecule has 4 saturated carbocycles. The quantitative estimate of drug-likeness (QED) is 0.373. The Balaban J connectivity index is 1.13. The molecular formula is C33H48N2O3. The maximum absolute atomic E-state index is 12.2. The molecule has 1 aromatic rings. The van der Waals surface area contributed by atoms with Crippen LogP contribution in [0.5, 0.6) is 5.75 Å². The van der Waals surface area contributed by atoms with Crippen molar-refractivity contribution in [3.63, 3.8) is 0 Å². The molecule has 5 nitrogen and oxygen atoms in total. The van der Waals surface area contributed by atoms with Gasteiger partial charge in [-0.15, -0.1) is 0 Å². The second-order valence-corrected chi connectivity index (χ2v) is 13.5. The molecule has 5 heteroatoms. The van der Waals surface area contributed by atoms with Crippen LogP contribution in [0.4, 0.5) is 0 Å². The molecule has 0 saturated heterocycles. The molecule has 0 amide bonds. The molecule has 0 spiro atoms. The van der Waals surface area contributed by atoms with E-state index in [-0.39, 0.29) is 23.0 Å². The van der Waals surface area contributed by atoms with Gasteiger partial charge in [0.15, 0.2) is 0 Å². The Bertz CT molecular complexity index is 1050. The number of pyridine rings is 1. The first-order valence-corrected chi connectivity index (χ1v) is 15.7. The van der Waals surface area contributed by atoms with E-state index in [2.05, 4.69) is 31.3 Å². The third-order valence-corrected chi connectivity index (χ3v) is 11.8. The van der Waals surface area contributed by atoms with Gasteiger partial charge in [-0.05, 0) is 93.4 Å². The number of nitrogens with one attached hydrogen (secondary N) is 1. The molecule has 0 bridgehead atoms. The van der Waals surface area contributed by atoms with Crippen LogP contribution in [0.1, 0.15) is 115 Å². The normalized spacial score (nSPS) is 37.8. The van der Waals surface area contributed by atoms with Gasteiger partial charge in [-0.3, -0.25) is 9.78 Å². The van der Waals surface area contributed by atoms with Crippen molar-refractivity contribution < 1.29 is 14.6 Å². The summed E-state index contributed by atoms with van der Waals surface area (Å²) in [6.45, 7) is 5.32. The molecule has 7 atom stereocenters. The maximum Gasteiger partial charge on any atom is 0.136 e. The Morgan fingerprint density at radius 2 is 2.00 bits per heavy atom. The highest BCUT2D eigenvalue weighted by molar-refractivity contribution is 5.82. The molecule has 38 heavy (non-hydrogen) atoms. The topological polar surface area (TPSA) is 71.5 Å². The molecule has 5 aliphatic carbocycles. The zero-order valence-electron chi connectivity index (χ0n) is 23.6. The fourth-order valence-electron chi connectivity index (χ4n) is 9.59. The summed E-state index contributed by atoms with van der Waals surface area (Å²) in [5, 5.41) is 15.2. The molecular weight excluding hydrogens is 472 g/mol. The average molecular weight is 521 g/mol. The molecule has 0 aliphatic heterocycles. The Kier molecular flexibility index (Phi) is 7.45. The first kappa shape index (κ1) is 26.5. The van der Waals surface area contributed by atoms with Crippen LogP contribution >= 0.6 is 0 Å². The van der Waals surface area contributed by atoms with Crippen LogP contribution in [0, 0.1) is 28.6 Å². The second kappa shape index (κ2) is 10.7. The monoisotopic (exact) mass is 520 g/mol. The van der Waals surface area contributed by atoms with Crippen LogP contribution in [-0.2, 0) is 4.79 Å². The number of hydrogen-bond donors (Lipinski definition) is 2. The van der Waals surface area contributed by atoms with Crippen LogP contribution in [0.2, 0.25) is 0 Å². The summed E-state index contributed by atoms with van der Waals surface area (Å²) < 4.78 is 6.39. The predicted molar refractivity (Wildman–Crippen MR) is 150 cm³/mol. The second-order valence-electron chi connectivity index (χ2n) is 13.5. The van der Waals surface area contributed by atoms with Gasteiger partial charge in [0.25, 0.3) is 0 Å². The number of carbonyl (C=O) groups excluding carboxylic acids is 1. The zero-order valence-corrected chi connectivity index (χ0v) is 23.6. The smallest absolute Gasteiger partial charge is 0.136 e. The molecule has 0 aromatic carbocycles. The number of aliphatic hydroxyl groups excluding tert-OH is 1. The van der Waals surface area contributed by atoms with E-state index < -0.39 is 0 Å². The van der Waals surface area contributed by atoms with E-state index >= 15 is 0 Å². The van der Waals surface area contributed by atoms with E-state index in [9.17, 15) is 9.90 Å². The Hall–Kier alpha value is -1.72. The van der Waals surface area contributed by atoms with Gasteiger partial charge < -0.3 is 15.2 Å². The summed E-state index contributed by atoms with van der Waals surface area (Å²) in [4.78, 5) is 16.9. The van der Waals surface area contributed by atoms with Gasteiger partial charge in [0, 0.05) is 42.6 Å². The van der Waals surface area contributed by atoms with E-state index in [1.54, 1.807) is 0 Å². The average Bonchev–Trinajstić information content (AvgIpc) is 3.56. The summed E-state index contributed by atoms with van der Waals surface area (Å²) >= 11 is 0. The van der Waals surface area contributed by atoms with Gasteiger partial charge in [-0.1, -0.05) is 38.3 Å². The van der Waals surface area contributed by atoms with Crippen molar-refractivity contribution >= 4 is 5.78 Å². The zero-order chi connectivity index (χ0) is 26.3. The van der Waals surface area contributed by atoms with Gasteiger partial charge in [0.2, 0.25) is 0 Å². The summed E-state index contributed by atoms with van der Waals surface area (Å²) in [5.74, 6) is 3.16. The van der Waals surface area contributed by atoms with E-state index in [4.69, 9.17) is 9.72 Å². The minimum Gasteiger partial charge on any atom is -0.493 e. The van der Waals surface area contributed by atoms with Gasteiger partial charge in [0.05, 0.1) is 18.4 Å². The first-order valence-electron chi connectivity index (χ1n) is 15.7. The highest BCUT2D eigenvalue weighted by Crippen LogP contribution is 2.65. The number of hydrogen-bond acceptors (Lipinski definition) is 5. The summed E-state index contributed by atoms with van der Waals surface area (Å²) in [6.07, 6.45) is 19.1. The fourth-order valence-corrected chi connectivity index (χ4v) is 9.59. The highest BCUT2D eigenvalue weighted by Gasteiger charge is 2.60. The summed E-state index contributed by atoms with van der Waals surface area (Å²) in [5.41, 5.74) is 2.66. The van der Waals surface area contributed by atoms with Crippen molar-refractivity contribution in [2.75, 3.05) is 6.61 Å². The number of allylic oxidation sites excluding steroid dienone is 2. The van der Waals surface area contributed by atoms with Crippen LogP contribution in [-0.4, -0.2) is 34.6 Å². The number of aromatic nitrogens is 1. The number of nitrogens with zero attached hydrogens (tertiary/aromatic N) is 1. The predicted octanol–water partition coefficient (Wildman–Crippen LogP) is 6.71. The van der Waals surface area contributed by atoms with E-state index in [0.29, 0.717) is 42.6 Å². The van der Waals surface area contributed by atoms with E-state index in [0.717, 1.165) is 62.8 Å². The molecule has 208 valence electrons. The fraction of sp³-hybridized carbons (Fsp3) is 0.758. The van der Waals surface area contributed by atoms with Gasteiger partial charge in [-0.2, -0.15) is 0 Å². The van der Waals surface area contributed by atoms with E-state index in [1.165, 1.54) is 37.7 Å². The van der Waals surface area contributed by atoms with Crippen molar-refractivity contribution in [1.29, 1.82) is 0 Å². The largest absolute Gasteiger partial charge is 0.493 e. The number of ketones is 1. The van der Waals surface area contributed by atoms with Gasteiger partial charge >= 0.3 is 0 Å². The Morgan fingerprint density at radius 1 is 1.16 bits per heavy atom. The van der Waals surface area contributed by atoms with Crippen molar-refractivity contribution in [3.8, 4) is 5.75 Å². The van der Waals surface area contributed by atoms with Crippen molar-refractivity contribution in [2.45, 2.75) is 122 Å². The lowest BCUT2D eigenvalue weighted by Crippen LogP contribution is -2.52. The third kappa shape index (κ3) is 4.66. The lowest BCUT2D eigenvalue weighted by molar-refractivity contribution is -0.123. The summed E-state index contributed by atoms with van der Waals surface area (Å²) in [7, 11) is 0. The lowest BCUT2D eigenvalue weighted by atomic mass is 9.47. The number of ether oxygens (including phenoxy) is 1. The van der Waals surface area contributed by atoms with Crippen LogP contribution < -0.4 is 10.1 Å². The lowest BCUT2D eigenvalue weighted by Gasteiger charge is -2.57. The first-order chi connectivity index (χ1) is 18.4. The summed E-state index contributed by atoms with van der Waals surface area (Å²) in [6, 6.07) is 5.01. The van der Waals surface area contributed by atoms with E-state index in [1.807, 2.05) is 12.3 Å². The molecule has 4 fully saturated rings. The maximum atomic E-state index is 12.2. The number of carbonyl (C=O) groups is 1. The molecule has 6 rings (SSSR count). The van der Waals surface area contributed by atoms with Gasteiger partial charge in [0.1, 0.15) is 11.5 Å². The van der Waals surface area contributed by atoms with Crippen LogP contribution in [0.25, 0.3) is 0 Å². The number of rotatable bonds is 8. The molecule has 1 aromatic heterocycles. The number of Topliss-reactive ketones (excluding diaryl/α,β-unsaturated/α-hetero) is 1. The number of fused-ring (bicyclic) bond motifs is 5. The molecule has 5 aliphatic rings. The number of aliphatic hydroxyl groups is 1. The highest BCUT2D eigenvalue weighted by atomic mass is 16.5. The molecule has 2 N–H and O–H groups in total. The van der Waals surface area contributed by atoms with Crippen LogP contribution in [0.15, 0.2) is 30.0 Å². The Morgan fingerprint density at radius 3 is 2.82 bits per heavy atom. The van der Waals surface area contributed by atoms with Crippen molar-refractivity contribution in [3.05, 3.63) is 35.7 Å². The van der Waals surface area contributed by atoms with Crippen LogP contribution in [0.3, 0.4) is 0 Å². The van der Waals surface area contributed by atoms with Gasteiger partial charge in [-0.25, -0.2) is 0 Å². The standard InChI is InChI=1S/C33H48N2O3/c1-3-29(35-23-6-4-5-7-23)30-21-25(14-18-34-30)38-19-17-33-16-13-27-26(28(33)10-11-31(33)37)9-8-22-20-24(36)12-15-32(22,27)2/h8,14,18,21,23,26-29,31,35,37H,3-7,9-13,15-17,19-20H2,1-2H3/t26?,27?,28?,29?,31?,32-,33+/m0/s1. The Labute approximate surface area is 229 Å². The van der Waals surface area contributed by atoms with Crippen molar-refractivity contribution in [1.82, 2.24) is 10.3 Å². The van der Waals surface area contributed by atoms with Crippen molar-refractivity contribution in [2.24, 2.45) is 28.6 Å². The molecule has 0 radical (unpaired) electrons.